The molecule has 0 aromatic heterocycles. The Morgan fingerprint density at radius 3 is 2.30 bits per heavy atom. The van der Waals surface area contributed by atoms with Crippen molar-refractivity contribution in [1.29, 1.82) is 0 Å². The number of hydrogen-bond donors (Lipinski definition) is 1. The standard InChI is InChI=1S/C20H22N2O5/c1-11-7-6-10-15(16(11)20(26)27-3)21-17(23)12(2)22-18(24)13-8-4-5-9-14(13)19(22)25/h4-7,10,12-14H,8-9H2,1-3H3,(H,21,23)/t12-,13+,14+/m0/s1. The second-order valence-electron chi connectivity index (χ2n) is 6.86. The van der Waals surface area contributed by atoms with Crippen LogP contribution in [0.1, 0.15) is 35.7 Å². The minimum absolute atomic E-state index is 0.248. The smallest absolute Gasteiger partial charge is 0.340 e. The van der Waals surface area contributed by atoms with Crippen molar-refractivity contribution in [2.75, 3.05) is 12.4 Å². The van der Waals surface area contributed by atoms with E-state index in [0.717, 1.165) is 4.90 Å². The topological polar surface area (TPSA) is 92.8 Å². The second-order valence-corrected chi connectivity index (χ2v) is 6.86. The fraction of sp³-hybridized carbons (Fsp3) is 0.400. The number of nitrogens with one attached hydrogen (secondary N) is 1. The summed E-state index contributed by atoms with van der Waals surface area (Å²) in [4.78, 5) is 51.1. The molecule has 2 aliphatic rings. The first-order valence-electron chi connectivity index (χ1n) is 8.87. The molecule has 7 nitrogen and oxygen atoms in total. The molecule has 142 valence electrons. The predicted octanol–water partition coefficient (Wildman–Crippen LogP) is 2.06. The lowest BCUT2D eigenvalue weighted by molar-refractivity contribution is -0.146. The van der Waals surface area contributed by atoms with Crippen LogP contribution < -0.4 is 5.32 Å². The molecule has 1 fully saturated rings. The lowest BCUT2D eigenvalue weighted by Gasteiger charge is -2.23. The van der Waals surface area contributed by atoms with Gasteiger partial charge in [-0.3, -0.25) is 19.3 Å². The van der Waals surface area contributed by atoms with Gasteiger partial charge in [0, 0.05) is 0 Å². The number of fused-ring (bicyclic) bond motifs is 1. The number of carbonyl (C=O) groups excluding carboxylic acids is 4. The Labute approximate surface area is 157 Å². The number of benzene rings is 1. The molecule has 3 amide bonds. The highest BCUT2D eigenvalue weighted by Gasteiger charge is 2.50. The molecule has 1 aromatic carbocycles. The molecule has 0 radical (unpaired) electrons. The van der Waals surface area contributed by atoms with Gasteiger partial charge in [0.2, 0.25) is 17.7 Å². The van der Waals surface area contributed by atoms with Gasteiger partial charge >= 0.3 is 5.97 Å². The van der Waals surface area contributed by atoms with Gasteiger partial charge in [-0.05, 0) is 38.3 Å². The highest BCUT2D eigenvalue weighted by Crippen LogP contribution is 2.36. The van der Waals surface area contributed by atoms with Crippen molar-refractivity contribution in [3.05, 3.63) is 41.5 Å². The van der Waals surface area contributed by atoms with Crippen LogP contribution in [0.2, 0.25) is 0 Å². The first kappa shape index (κ1) is 18.8. The van der Waals surface area contributed by atoms with Gasteiger partial charge in [-0.2, -0.15) is 0 Å². The molecule has 1 aliphatic heterocycles. The molecule has 27 heavy (non-hydrogen) atoms. The lowest BCUT2D eigenvalue weighted by atomic mass is 9.85. The van der Waals surface area contributed by atoms with Gasteiger partial charge in [-0.25, -0.2) is 4.79 Å². The first-order chi connectivity index (χ1) is 12.9. The third-order valence-electron chi connectivity index (χ3n) is 5.23. The van der Waals surface area contributed by atoms with Gasteiger partial charge in [-0.15, -0.1) is 0 Å². The van der Waals surface area contributed by atoms with E-state index in [2.05, 4.69) is 5.32 Å². The van der Waals surface area contributed by atoms with Crippen LogP contribution in [0.4, 0.5) is 5.69 Å². The molecule has 0 unspecified atom stereocenters. The van der Waals surface area contributed by atoms with E-state index in [1.54, 1.807) is 25.1 Å². The van der Waals surface area contributed by atoms with Crippen LogP contribution in [0.25, 0.3) is 0 Å². The number of anilines is 1. The van der Waals surface area contributed by atoms with Crippen molar-refractivity contribution in [2.24, 2.45) is 11.8 Å². The number of hydrogen-bond acceptors (Lipinski definition) is 5. The molecule has 7 heteroatoms. The summed E-state index contributed by atoms with van der Waals surface area (Å²) in [5.74, 6) is -2.49. The molecule has 0 bridgehead atoms. The number of imide groups is 1. The number of likely N-dealkylation sites (tertiary alicyclic amines) is 1. The number of methoxy groups -OCH3 is 1. The average Bonchev–Trinajstić information content (AvgIpc) is 2.91. The predicted molar refractivity (Wildman–Crippen MR) is 97.8 cm³/mol. The average molecular weight is 370 g/mol. The van der Waals surface area contributed by atoms with Crippen molar-refractivity contribution < 1.29 is 23.9 Å². The normalized spacial score (nSPS) is 22.4. The molecule has 1 aromatic rings. The molecule has 1 aliphatic carbocycles. The van der Waals surface area contributed by atoms with Crippen LogP contribution >= 0.6 is 0 Å². The van der Waals surface area contributed by atoms with Gasteiger partial charge < -0.3 is 10.1 Å². The summed E-state index contributed by atoms with van der Waals surface area (Å²) in [7, 11) is 1.26. The zero-order valence-electron chi connectivity index (χ0n) is 15.5. The van der Waals surface area contributed by atoms with Gasteiger partial charge in [0.1, 0.15) is 6.04 Å². The van der Waals surface area contributed by atoms with Crippen molar-refractivity contribution in [2.45, 2.75) is 32.7 Å². The number of carbonyl (C=O) groups is 4. The largest absolute Gasteiger partial charge is 0.465 e. The zero-order valence-corrected chi connectivity index (χ0v) is 15.5. The summed E-state index contributed by atoms with van der Waals surface area (Å²) < 4.78 is 4.78. The zero-order chi connectivity index (χ0) is 19.7. The summed E-state index contributed by atoms with van der Waals surface area (Å²) in [5.41, 5.74) is 1.19. The Morgan fingerprint density at radius 2 is 1.74 bits per heavy atom. The Balaban J connectivity index is 1.81. The van der Waals surface area contributed by atoms with E-state index in [-0.39, 0.29) is 34.9 Å². The summed E-state index contributed by atoms with van der Waals surface area (Å²) in [6.07, 6.45) is 4.83. The fourth-order valence-corrected chi connectivity index (χ4v) is 3.71. The highest BCUT2D eigenvalue weighted by molar-refractivity contribution is 6.11. The van der Waals surface area contributed by atoms with Gasteiger partial charge in [0.25, 0.3) is 0 Å². The number of rotatable bonds is 4. The highest BCUT2D eigenvalue weighted by atomic mass is 16.5. The first-order valence-corrected chi connectivity index (χ1v) is 8.87. The minimum Gasteiger partial charge on any atom is -0.465 e. The van der Waals surface area contributed by atoms with Crippen LogP contribution in [0.5, 0.6) is 0 Å². The minimum atomic E-state index is -0.971. The maximum atomic E-state index is 12.7. The van der Waals surface area contributed by atoms with E-state index in [0.29, 0.717) is 18.4 Å². The van der Waals surface area contributed by atoms with E-state index in [1.807, 2.05) is 12.2 Å². The molecule has 0 saturated carbocycles. The number of ether oxygens (including phenoxy) is 1. The Morgan fingerprint density at radius 1 is 1.15 bits per heavy atom. The molecular formula is C20H22N2O5. The van der Waals surface area contributed by atoms with Crippen molar-refractivity contribution in [1.82, 2.24) is 4.90 Å². The van der Waals surface area contributed by atoms with E-state index < -0.39 is 17.9 Å². The third kappa shape index (κ3) is 3.25. The molecule has 3 atom stereocenters. The number of esters is 1. The number of allylic oxidation sites excluding steroid dienone is 2. The van der Waals surface area contributed by atoms with E-state index in [1.165, 1.54) is 14.0 Å². The molecule has 1 heterocycles. The second kappa shape index (κ2) is 7.34. The van der Waals surface area contributed by atoms with Crippen LogP contribution in [0.15, 0.2) is 30.4 Å². The Bertz CT molecular complexity index is 819. The van der Waals surface area contributed by atoms with Gasteiger partial charge in [0.15, 0.2) is 0 Å². The molecule has 0 spiro atoms. The van der Waals surface area contributed by atoms with Crippen molar-refractivity contribution in [3.8, 4) is 0 Å². The van der Waals surface area contributed by atoms with Crippen molar-refractivity contribution in [3.63, 3.8) is 0 Å². The Hall–Kier alpha value is -2.96. The maximum absolute atomic E-state index is 12.7. The van der Waals surface area contributed by atoms with E-state index in [4.69, 9.17) is 4.74 Å². The molecular weight excluding hydrogens is 348 g/mol. The molecule has 1 saturated heterocycles. The number of aryl methyl sites for hydroxylation is 1. The van der Waals surface area contributed by atoms with E-state index in [9.17, 15) is 19.2 Å². The maximum Gasteiger partial charge on any atom is 0.340 e. The van der Waals surface area contributed by atoms with Crippen LogP contribution in [-0.2, 0) is 19.1 Å². The molecule has 1 N–H and O–H groups in total. The quantitative estimate of drug-likeness (QED) is 0.497. The summed E-state index contributed by atoms with van der Waals surface area (Å²) in [6.45, 7) is 3.25. The SMILES string of the molecule is COC(=O)c1c(C)cccc1NC(=O)[C@H](C)N1C(=O)[C@@H]2CC=CC[C@H]2C1=O. The van der Waals surface area contributed by atoms with E-state index >= 15 is 0 Å². The number of amides is 3. The third-order valence-corrected chi connectivity index (χ3v) is 5.23. The fourth-order valence-electron chi connectivity index (χ4n) is 3.71. The van der Waals surface area contributed by atoms with Crippen LogP contribution in [0.3, 0.4) is 0 Å². The number of nitrogens with zero attached hydrogens (tertiary/aromatic N) is 1. The monoisotopic (exact) mass is 370 g/mol. The Kier molecular flexibility index (Phi) is 5.12. The molecule has 3 rings (SSSR count). The lowest BCUT2D eigenvalue weighted by Crippen LogP contribution is -2.46. The van der Waals surface area contributed by atoms with Crippen LogP contribution in [-0.4, -0.2) is 41.7 Å². The van der Waals surface area contributed by atoms with Crippen LogP contribution in [0, 0.1) is 18.8 Å². The summed E-state index contributed by atoms with van der Waals surface area (Å²) in [5, 5.41) is 2.66. The van der Waals surface area contributed by atoms with Gasteiger partial charge in [0.05, 0.1) is 30.2 Å². The summed E-state index contributed by atoms with van der Waals surface area (Å²) in [6, 6.07) is 4.05. The summed E-state index contributed by atoms with van der Waals surface area (Å²) >= 11 is 0. The van der Waals surface area contributed by atoms with Crippen molar-refractivity contribution >= 4 is 29.4 Å². The van der Waals surface area contributed by atoms with Gasteiger partial charge in [-0.1, -0.05) is 24.3 Å².